The summed E-state index contributed by atoms with van der Waals surface area (Å²) in [4.78, 5) is 0. The van der Waals surface area contributed by atoms with E-state index in [1.54, 1.807) is 0 Å². The summed E-state index contributed by atoms with van der Waals surface area (Å²) in [7, 11) is 0. The van der Waals surface area contributed by atoms with Crippen molar-refractivity contribution in [3.05, 3.63) is 59.2 Å². The van der Waals surface area contributed by atoms with Gasteiger partial charge >= 0.3 is 0 Å². The molecule has 2 aromatic carbocycles. The minimum Gasteiger partial charge on any atom is -0.454 e. The zero-order chi connectivity index (χ0) is 16.3. The number of rotatable bonds is 5. The van der Waals surface area contributed by atoms with Gasteiger partial charge in [0.25, 0.3) is 0 Å². The zero-order valence-electron chi connectivity index (χ0n) is 14.2. The summed E-state index contributed by atoms with van der Waals surface area (Å²) in [5.41, 5.74) is 4.18. The first-order valence-corrected chi connectivity index (χ1v) is 8.21. The van der Waals surface area contributed by atoms with Crippen LogP contribution in [0.2, 0.25) is 0 Å². The summed E-state index contributed by atoms with van der Waals surface area (Å²) in [6.45, 7) is 8.90. The Morgan fingerprint density at radius 2 is 1.61 bits per heavy atom. The molecule has 2 aromatic rings. The molecule has 0 aliphatic carbocycles. The van der Waals surface area contributed by atoms with E-state index < -0.39 is 0 Å². The third-order valence-electron chi connectivity index (χ3n) is 4.18. The molecule has 1 aliphatic rings. The van der Waals surface area contributed by atoms with Crippen molar-refractivity contribution in [2.24, 2.45) is 0 Å². The molecule has 1 aliphatic heterocycles. The molecule has 23 heavy (non-hydrogen) atoms. The predicted molar refractivity (Wildman–Crippen MR) is 93.1 cm³/mol. The Morgan fingerprint density at radius 3 is 2.35 bits per heavy atom. The van der Waals surface area contributed by atoms with Crippen LogP contribution in [0.4, 0.5) is 0 Å². The molecule has 1 N–H and O–H groups in total. The molecule has 0 radical (unpaired) electrons. The van der Waals surface area contributed by atoms with Gasteiger partial charge in [-0.25, -0.2) is 0 Å². The van der Waals surface area contributed by atoms with E-state index >= 15 is 0 Å². The van der Waals surface area contributed by atoms with Crippen LogP contribution < -0.4 is 14.8 Å². The Bertz CT molecular complexity index is 656. The van der Waals surface area contributed by atoms with E-state index in [4.69, 9.17) is 9.47 Å². The first-order chi connectivity index (χ1) is 11.0. The normalized spacial score (nSPS) is 13.3. The van der Waals surface area contributed by atoms with Gasteiger partial charge in [0, 0.05) is 6.54 Å². The Morgan fingerprint density at radius 1 is 0.913 bits per heavy atom. The second-order valence-corrected chi connectivity index (χ2v) is 7.06. The van der Waals surface area contributed by atoms with Crippen molar-refractivity contribution in [3.8, 4) is 11.5 Å². The maximum absolute atomic E-state index is 5.41. The molecular formula is C20H25NO2. The third kappa shape index (κ3) is 4.05. The number of hydrogen-bond acceptors (Lipinski definition) is 3. The van der Waals surface area contributed by atoms with Crippen molar-refractivity contribution in [3.63, 3.8) is 0 Å². The standard InChI is InChI=1S/C20H25NO2/c1-20(2,3)17-7-4-16(5-8-17)13-21-11-10-15-6-9-18-19(12-15)23-14-22-18/h4-9,12,21H,10-11,13-14H2,1-3H3. The first kappa shape index (κ1) is 15.9. The number of benzene rings is 2. The maximum atomic E-state index is 5.41. The van der Waals surface area contributed by atoms with Gasteiger partial charge in [-0.3, -0.25) is 0 Å². The number of nitrogens with one attached hydrogen (secondary N) is 1. The molecule has 122 valence electrons. The largest absolute Gasteiger partial charge is 0.454 e. The van der Waals surface area contributed by atoms with Crippen LogP contribution in [0.3, 0.4) is 0 Å². The molecule has 3 heteroatoms. The van der Waals surface area contributed by atoms with Gasteiger partial charge in [-0.05, 0) is 47.2 Å². The van der Waals surface area contributed by atoms with Gasteiger partial charge in [0.05, 0.1) is 0 Å². The highest BCUT2D eigenvalue weighted by molar-refractivity contribution is 5.44. The van der Waals surface area contributed by atoms with Gasteiger partial charge in [0.2, 0.25) is 6.79 Å². The van der Waals surface area contributed by atoms with E-state index in [1.165, 1.54) is 16.7 Å². The fourth-order valence-electron chi connectivity index (χ4n) is 2.68. The molecule has 0 saturated heterocycles. The Kier molecular flexibility index (Phi) is 4.58. The lowest BCUT2D eigenvalue weighted by atomic mass is 9.87. The molecule has 0 amide bonds. The van der Waals surface area contributed by atoms with Crippen LogP contribution in [-0.2, 0) is 18.4 Å². The molecule has 3 nitrogen and oxygen atoms in total. The molecule has 0 atom stereocenters. The summed E-state index contributed by atoms with van der Waals surface area (Å²) in [5, 5.41) is 3.50. The Balaban J connectivity index is 1.46. The van der Waals surface area contributed by atoms with Crippen molar-refractivity contribution in [2.45, 2.75) is 39.2 Å². The molecule has 0 bridgehead atoms. The van der Waals surface area contributed by atoms with Crippen molar-refractivity contribution in [2.75, 3.05) is 13.3 Å². The molecule has 0 unspecified atom stereocenters. The van der Waals surface area contributed by atoms with Crippen molar-refractivity contribution in [1.29, 1.82) is 0 Å². The number of hydrogen-bond donors (Lipinski definition) is 1. The molecule has 0 aromatic heterocycles. The Labute approximate surface area is 138 Å². The lowest BCUT2D eigenvalue weighted by Gasteiger charge is -2.19. The van der Waals surface area contributed by atoms with Crippen LogP contribution in [-0.4, -0.2) is 13.3 Å². The van der Waals surface area contributed by atoms with Gasteiger partial charge < -0.3 is 14.8 Å². The molecule has 0 fully saturated rings. The Hall–Kier alpha value is -2.00. The van der Waals surface area contributed by atoms with Gasteiger partial charge in [-0.15, -0.1) is 0 Å². The maximum Gasteiger partial charge on any atom is 0.231 e. The summed E-state index contributed by atoms with van der Waals surface area (Å²) < 4.78 is 10.7. The lowest BCUT2D eigenvalue weighted by Crippen LogP contribution is -2.17. The van der Waals surface area contributed by atoms with E-state index in [9.17, 15) is 0 Å². The highest BCUT2D eigenvalue weighted by atomic mass is 16.7. The van der Waals surface area contributed by atoms with Crippen LogP contribution in [0.1, 0.15) is 37.5 Å². The highest BCUT2D eigenvalue weighted by Gasteiger charge is 2.13. The van der Waals surface area contributed by atoms with E-state index in [0.717, 1.165) is 31.0 Å². The smallest absolute Gasteiger partial charge is 0.231 e. The van der Waals surface area contributed by atoms with E-state index in [0.29, 0.717) is 6.79 Å². The van der Waals surface area contributed by atoms with Crippen LogP contribution in [0, 0.1) is 0 Å². The molecule has 3 rings (SSSR count). The SMILES string of the molecule is CC(C)(C)c1ccc(CNCCc2ccc3c(c2)OCO3)cc1. The first-order valence-electron chi connectivity index (χ1n) is 8.21. The van der Waals surface area contributed by atoms with Crippen LogP contribution >= 0.6 is 0 Å². The van der Waals surface area contributed by atoms with Crippen LogP contribution in [0.15, 0.2) is 42.5 Å². The topological polar surface area (TPSA) is 30.5 Å². The minimum absolute atomic E-state index is 0.214. The zero-order valence-corrected chi connectivity index (χ0v) is 14.2. The van der Waals surface area contributed by atoms with Gasteiger partial charge in [-0.2, -0.15) is 0 Å². The predicted octanol–water partition coefficient (Wildman–Crippen LogP) is 4.05. The second kappa shape index (κ2) is 6.63. The summed E-state index contributed by atoms with van der Waals surface area (Å²) >= 11 is 0. The highest BCUT2D eigenvalue weighted by Crippen LogP contribution is 2.32. The van der Waals surface area contributed by atoms with E-state index in [-0.39, 0.29) is 5.41 Å². The number of ether oxygens (including phenoxy) is 2. The van der Waals surface area contributed by atoms with E-state index in [2.05, 4.69) is 62.5 Å². The average molecular weight is 311 g/mol. The quantitative estimate of drug-likeness (QED) is 0.845. The molecule has 0 spiro atoms. The monoisotopic (exact) mass is 311 g/mol. The van der Waals surface area contributed by atoms with Gasteiger partial charge in [-0.1, -0.05) is 51.1 Å². The van der Waals surface area contributed by atoms with Gasteiger partial charge in [0.1, 0.15) is 0 Å². The van der Waals surface area contributed by atoms with Crippen LogP contribution in [0.5, 0.6) is 11.5 Å². The summed E-state index contributed by atoms with van der Waals surface area (Å²) in [6.07, 6.45) is 0.983. The second-order valence-electron chi connectivity index (χ2n) is 7.06. The molecule has 0 saturated carbocycles. The van der Waals surface area contributed by atoms with Crippen molar-refractivity contribution in [1.82, 2.24) is 5.32 Å². The minimum atomic E-state index is 0.214. The fourth-order valence-corrected chi connectivity index (χ4v) is 2.68. The molecular weight excluding hydrogens is 286 g/mol. The number of fused-ring (bicyclic) bond motifs is 1. The summed E-state index contributed by atoms with van der Waals surface area (Å²) in [6, 6.07) is 15.1. The van der Waals surface area contributed by atoms with Crippen molar-refractivity contribution >= 4 is 0 Å². The fraction of sp³-hybridized carbons (Fsp3) is 0.400. The summed E-state index contributed by atoms with van der Waals surface area (Å²) in [5.74, 6) is 1.71. The third-order valence-corrected chi connectivity index (χ3v) is 4.18. The van der Waals surface area contributed by atoms with E-state index in [1.807, 2.05) is 6.07 Å². The van der Waals surface area contributed by atoms with Crippen molar-refractivity contribution < 1.29 is 9.47 Å². The van der Waals surface area contributed by atoms with Gasteiger partial charge in [0.15, 0.2) is 11.5 Å². The lowest BCUT2D eigenvalue weighted by molar-refractivity contribution is 0.174. The van der Waals surface area contributed by atoms with Crippen LogP contribution in [0.25, 0.3) is 0 Å². The molecule has 1 heterocycles. The average Bonchev–Trinajstić information content (AvgIpc) is 2.99.